The normalized spacial score (nSPS) is 10.1. The van der Waals surface area contributed by atoms with E-state index in [4.69, 9.17) is 12.2 Å². The van der Waals surface area contributed by atoms with Gasteiger partial charge < -0.3 is 5.32 Å². The van der Waals surface area contributed by atoms with Crippen molar-refractivity contribution in [2.45, 2.75) is 65.2 Å². The van der Waals surface area contributed by atoms with Crippen LogP contribution in [0.3, 0.4) is 0 Å². The van der Waals surface area contributed by atoms with Gasteiger partial charge in [0.1, 0.15) is 0 Å². The van der Waals surface area contributed by atoms with Gasteiger partial charge in [0.15, 0.2) is 0 Å². The Kier molecular flexibility index (Phi) is 10.9. The second-order valence-corrected chi connectivity index (χ2v) is 4.36. The standard InChI is InChI=1S/C12H25NS/c1-3-5-7-9-11-13-12(14)10-8-6-4-2/h3-11H2,1-2H3,(H,13,14). The highest BCUT2D eigenvalue weighted by Crippen LogP contribution is 2.01. The van der Waals surface area contributed by atoms with E-state index in [0.29, 0.717) is 0 Å². The summed E-state index contributed by atoms with van der Waals surface area (Å²) in [4.78, 5) is 1.06. The van der Waals surface area contributed by atoms with Crippen LogP contribution in [0.5, 0.6) is 0 Å². The summed E-state index contributed by atoms with van der Waals surface area (Å²) in [6.45, 7) is 5.54. The predicted molar refractivity (Wildman–Crippen MR) is 68.9 cm³/mol. The molecular formula is C12H25NS. The molecule has 0 aromatic carbocycles. The molecule has 0 aliphatic heterocycles. The molecule has 14 heavy (non-hydrogen) atoms. The van der Waals surface area contributed by atoms with Gasteiger partial charge in [0.05, 0.1) is 4.99 Å². The Balaban J connectivity index is 3.10. The molecule has 0 radical (unpaired) electrons. The number of unbranched alkanes of at least 4 members (excludes halogenated alkanes) is 5. The third kappa shape index (κ3) is 9.97. The van der Waals surface area contributed by atoms with E-state index in [1.807, 2.05) is 0 Å². The number of hydrogen-bond acceptors (Lipinski definition) is 1. The van der Waals surface area contributed by atoms with Gasteiger partial charge in [-0.3, -0.25) is 0 Å². The molecule has 0 amide bonds. The lowest BCUT2D eigenvalue weighted by molar-refractivity contribution is 0.650. The lowest BCUT2D eigenvalue weighted by Gasteiger charge is -2.06. The molecule has 0 heterocycles. The summed E-state index contributed by atoms with van der Waals surface area (Å²) in [5.41, 5.74) is 0. The molecule has 0 aliphatic rings. The smallest absolute Gasteiger partial charge is 0.0753 e. The fourth-order valence-electron chi connectivity index (χ4n) is 1.40. The van der Waals surface area contributed by atoms with E-state index in [2.05, 4.69) is 19.2 Å². The van der Waals surface area contributed by atoms with Gasteiger partial charge in [-0.05, 0) is 19.3 Å². The minimum Gasteiger partial charge on any atom is -0.380 e. The lowest BCUT2D eigenvalue weighted by atomic mass is 10.2. The maximum atomic E-state index is 5.23. The first-order valence-electron chi connectivity index (χ1n) is 6.08. The van der Waals surface area contributed by atoms with Crippen LogP contribution in [0.25, 0.3) is 0 Å². The van der Waals surface area contributed by atoms with Gasteiger partial charge in [-0.15, -0.1) is 0 Å². The number of nitrogens with one attached hydrogen (secondary N) is 1. The van der Waals surface area contributed by atoms with Crippen molar-refractivity contribution >= 4 is 17.2 Å². The summed E-state index contributed by atoms with van der Waals surface area (Å²) in [5.74, 6) is 0. The molecule has 0 rings (SSSR count). The van der Waals surface area contributed by atoms with Crippen LogP contribution in [-0.2, 0) is 0 Å². The maximum Gasteiger partial charge on any atom is 0.0753 e. The topological polar surface area (TPSA) is 12.0 Å². The van der Waals surface area contributed by atoms with Crippen molar-refractivity contribution in [2.75, 3.05) is 6.54 Å². The van der Waals surface area contributed by atoms with Crippen LogP contribution in [-0.4, -0.2) is 11.5 Å². The van der Waals surface area contributed by atoms with Crippen LogP contribution >= 0.6 is 12.2 Å². The van der Waals surface area contributed by atoms with Crippen LogP contribution in [0.4, 0.5) is 0 Å². The minimum atomic E-state index is 1.06. The van der Waals surface area contributed by atoms with Gasteiger partial charge >= 0.3 is 0 Å². The number of rotatable bonds is 9. The van der Waals surface area contributed by atoms with Crippen molar-refractivity contribution in [3.05, 3.63) is 0 Å². The van der Waals surface area contributed by atoms with Gasteiger partial charge in [0.25, 0.3) is 0 Å². The molecule has 0 unspecified atom stereocenters. The highest BCUT2D eigenvalue weighted by atomic mass is 32.1. The van der Waals surface area contributed by atoms with Gasteiger partial charge in [-0.2, -0.15) is 0 Å². The molecule has 0 aromatic rings. The van der Waals surface area contributed by atoms with E-state index in [1.54, 1.807) is 0 Å². The summed E-state index contributed by atoms with van der Waals surface area (Å²) in [7, 11) is 0. The Morgan fingerprint density at radius 2 is 1.57 bits per heavy atom. The minimum absolute atomic E-state index is 1.06. The first kappa shape index (κ1) is 13.9. The van der Waals surface area contributed by atoms with Gasteiger partial charge in [-0.25, -0.2) is 0 Å². The van der Waals surface area contributed by atoms with E-state index in [9.17, 15) is 0 Å². The molecule has 0 fully saturated rings. The lowest BCUT2D eigenvalue weighted by Crippen LogP contribution is -2.22. The van der Waals surface area contributed by atoms with E-state index >= 15 is 0 Å². The van der Waals surface area contributed by atoms with Gasteiger partial charge in [0, 0.05) is 6.54 Å². The largest absolute Gasteiger partial charge is 0.380 e. The quantitative estimate of drug-likeness (QED) is 0.460. The monoisotopic (exact) mass is 215 g/mol. The molecule has 1 N–H and O–H groups in total. The second-order valence-electron chi connectivity index (χ2n) is 3.87. The van der Waals surface area contributed by atoms with E-state index in [1.165, 1.54) is 44.9 Å². The van der Waals surface area contributed by atoms with E-state index < -0.39 is 0 Å². The zero-order chi connectivity index (χ0) is 10.6. The summed E-state index contributed by atoms with van der Waals surface area (Å²) < 4.78 is 0. The van der Waals surface area contributed by atoms with Crippen molar-refractivity contribution < 1.29 is 0 Å². The molecule has 0 saturated heterocycles. The molecule has 0 aliphatic carbocycles. The van der Waals surface area contributed by atoms with Crippen molar-refractivity contribution in [3.63, 3.8) is 0 Å². The molecule has 0 bridgehead atoms. The average Bonchev–Trinajstić information content (AvgIpc) is 2.18. The SMILES string of the molecule is CCCCCCNC(=S)CCCCC. The summed E-state index contributed by atoms with van der Waals surface area (Å²) >= 11 is 5.23. The molecule has 84 valence electrons. The molecule has 1 nitrogen and oxygen atoms in total. The van der Waals surface area contributed by atoms with Crippen molar-refractivity contribution in [2.24, 2.45) is 0 Å². The first-order chi connectivity index (χ1) is 6.81. The predicted octanol–water partition coefficient (Wildman–Crippen LogP) is 4.06. The number of thiocarbonyl (C=S) groups is 1. The van der Waals surface area contributed by atoms with Crippen LogP contribution in [0.15, 0.2) is 0 Å². The van der Waals surface area contributed by atoms with Crippen LogP contribution in [0, 0.1) is 0 Å². The highest BCUT2D eigenvalue weighted by molar-refractivity contribution is 7.80. The summed E-state index contributed by atoms with van der Waals surface area (Å²) in [5, 5.41) is 3.33. The van der Waals surface area contributed by atoms with Crippen LogP contribution in [0.1, 0.15) is 65.2 Å². The van der Waals surface area contributed by atoms with Crippen LogP contribution < -0.4 is 5.32 Å². The molecule has 2 heteroatoms. The summed E-state index contributed by atoms with van der Waals surface area (Å²) in [6.07, 6.45) is 10.2. The van der Waals surface area contributed by atoms with Gasteiger partial charge in [-0.1, -0.05) is 58.2 Å². The Morgan fingerprint density at radius 3 is 2.21 bits per heavy atom. The average molecular weight is 215 g/mol. The van der Waals surface area contributed by atoms with Crippen molar-refractivity contribution in [1.82, 2.24) is 5.32 Å². The Hall–Kier alpha value is -0.110. The second kappa shape index (κ2) is 11.0. The molecule has 0 atom stereocenters. The third-order valence-corrected chi connectivity index (χ3v) is 2.71. The third-order valence-electron chi connectivity index (χ3n) is 2.36. The molecule has 0 saturated carbocycles. The Labute approximate surface area is 94.7 Å². The Bertz CT molecular complexity index is 134. The fourth-order valence-corrected chi connectivity index (χ4v) is 1.65. The first-order valence-corrected chi connectivity index (χ1v) is 6.48. The van der Waals surface area contributed by atoms with E-state index in [-0.39, 0.29) is 0 Å². The van der Waals surface area contributed by atoms with Crippen molar-refractivity contribution in [1.29, 1.82) is 0 Å². The highest BCUT2D eigenvalue weighted by Gasteiger charge is 1.95. The zero-order valence-electron chi connectivity index (χ0n) is 9.77. The molecule has 0 aromatic heterocycles. The van der Waals surface area contributed by atoms with E-state index in [0.717, 1.165) is 18.0 Å². The Morgan fingerprint density at radius 1 is 0.929 bits per heavy atom. The van der Waals surface area contributed by atoms with Gasteiger partial charge in [0.2, 0.25) is 0 Å². The summed E-state index contributed by atoms with van der Waals surface area (Å²) in [6, 6.07) is 0. The van der Waals surface area contributed by atoms with Crippen molar-refractivity contribution in [3.8, 4) is 0 Å². The van der Waals surface area contributed by atoms with Crippen LogP contribution in [0.2, 0.25) is 0 Å². The number of hydrogen-bond donors (Lipinski definition) is 1. The zero-order valence-corrected chi connectivity index (χ0v) is 10.6. The fraction of sp³-hybridized carbons (Fsp3) is 0.917. The molecule has 0 spiro atoms. The maximum absolute atomic E-state index is 5.23. The molecular weight excluding hydrogens is 190 g/mol.